The number of carbonyl (C=O) groups is 2. The van der Waals surface area contributed by atoms with E-state index >= 15 is 0 Å². The molecule has 0 aliphatic heterocycles. The van der Waals surface area contributed by atoms with Gasteiger partial charge in [-0.25, -0.2) is 9.59 Å². The molecule has 1 N–H and O–H groups in total. The quantitative estimate of drug-likeness (QED) is 0.277. The zero-order chi connectivity index (χ0) is 18.6. The Hall–Kier alpha value is -0.687. The molecular formula is C17H24INO4Zn. The van der Waals surface area contributed by atoms with Gasteiger partial charge in [0.05, 0.1) is 0 Å². The number of hydrogen-bond acceptors (Lipinski definition) is 4. The van der Waals surface area contributed by atoms with Crippen LogP contribution in [0.4, 0.5) is 4.79 Å². The third kappa shape index (κ3) is 11.0. The molecule has 130 valence electrons. The molecule has 0 aromatic heterocycles. The van der Waals surface area contributed by atoms with E-state index in [4.69, 9.17) is 9.47 Å². The summed E-state index contributed by atoms with van der Waals surface area (Å²) in [5.41, 5.74) is 0.272. The molecule has 1 aromatic carbocycles. The summed E-state index contributed by atoms with van der Waals surface area (Å²) in [5, 5.41) is 2.53. The van der Waals surface area contributed by atoms with Crippen molar-refractivity contribution in [2.45, 2.75) is 51.9 Å². The average Bonchev–Trinajstić information content (AvgIpc) is 2.53. The number of alkyl carbamates (subject to hydrolysis) is 1. The minimum absolute atomic E-state index is 0.170. The molecule has 7 heteroatoms. The summed E-state index contributed by atoms with van der Waals surface area (Å²) in [7, 11) is 0. The Bertz CT molecular complexity index is 491. The topological polar surface area (TPSA) is 64.6 Å². The van der Waals surface area contributed by atoms with Gasteiger partial charge in [0.2, 0.25) is 0 Å². The standard InChI is InChI=1S/C17H24NO4.HI.Zn/c1-5-9-14(18-16(20)22-17(2,3)4)15(19)21-12-13-10-7-6-8-11-13;;/h6-8,10-11,14H,1,5,9,12H2,2-4H3,(H,18,20);1H;/q-1;;+2/p-1/t14-;;/m0../s1. The van der Waals surface area contributed by atoms with Crippen molar-refractivity contribution < 1.29 is 33.9 Å². The maximum atomic E-state index is 12.1. The van der Waals surface area contributed by atoms with E-state index in [1.54, 1.807) is 20.8 Å². The van der Waals surface area contributed by atoms with Crippen molar-refractivity contribution in [3.8, 4) is 0 Å². The number of amides is 1. The van der Waals surface area contributed by atoms with Crippen molar-refractivity contribution in [2.24, 2.45) is 0 Å². The fraction of sp³-hybridized carbons (Fsp3) is 0.471. The van der Waals surface area contributed by atoms with Crippen molar-refractivity contribution in [3.05, 3.63) is 42.8 Å². The van der Waals surface area contributed by atoms with Gasteiger partial charge in [-0.3, -0.25) is 0 Å². The predicted octanol–water partition coefficient (Wildman–Crippen LogP) is 4.12. The van der Waals surface area contributed by atoms with Gasteiger partial charge in [-0.15, -0.1) is 0 Å². The van der Waals surface area contributed by atoms with Gasteiger partial charge in [0, 0.05) is 0 Å². The molecule has 1 rings (SSSR count). The van der Waals surface area contributed by atoms with E-state index in [-0.39, 0.29) is 6.61 Å². The number of halogens is 1. The first kappa shape index (κ1) is 23.3. The van der Waals surface area contributed by atoms with Crippen LogP contribution < -0.4 is 5.32 Å². The second kappa shape index (κ2) is 12.6. The average molecular weight is 499 g/mol. The maximum absolute atomic E-state index is 12.1. The molecule has 0 bridgehead atoms. The van der Waals surface area contributed by atoms with Gasteiger partial charge in [-0.1, -0.05) is 30.3 Å². The predicted molar refractivity (Wildman–Crippen MR) is 98.0 cm³/mol. The second-order valence-electron chi connectivity index (χ2n) is 5.93. The summed E-state index contributed by atoms with van der Waals surface area (Å²) >= 11 is 3.62. The Morgan fingerprint density at radius 1 is 1.25 bits per heavy atom. The van der Waals surface area contributed by atoms with E-state index < -0.39 is 23.7 Å². The van der Waals surface area contributed by atoms with E-state index in [0.717, 1.165) is 5.56 Å². The van der Waals surface area contributed by atoms with Crippen LogP contribution in [0.5, 0.6) is 0 Å². The third-order valence-electron chi connectivity index (χ3n) is 2.69. The third-order valence-corrected chi connectivity index (χ3v) is 2.69. The Morgan fingerprint density at radius 3 is 2.33 bits per heavy atom. The summed E-state index contributed by atoms with van der Waals surface area (Å²) < 4.78 is 10.4. The van der Waals surface area contributed by atoms with E-state index in [9.17, 15) is 9.59 Å². The molecule has 0 saturated heterocycles. The van der Waals surface area contributed by atoms with E-state index in [1.807, 2.05) is 30.3 Å². The first-order valence-electron chi connectivity index (χ1n) is 7.58. The summed E-state index contributed by atoms with van der Waals surface area (Å²) in [6.45, 7) is 9.16. The van der Waals surface area contributed by atoms with Gasteiger partial charge < -0.3 is 21.7 Å². The molecular weight excluding hydrogens is 474 g/mol. The summed E-state index contributed by atoms with van der Waals surface area (Å²) in [4.78, 5) is 23.8. The first-order chi connectivity index (χ1) is 11.3. The molecule has 0 spiro atoms. The number of benzene rings is 1. The number of rotatable bonds is 6. The Labute approximate surface area is 165 Å². The van der Waals surface area contributed by atoms with Gasteiger partial charge >= 0.3 is 46.6 Å². The summed E-state index contributed by atoms with van der Waals surface area (Å²) in [6.07, 6.45) is 0.260. The van der Waals surface area contributed by atoms with E-state index in [0.29, 0.717) is 12.8 Å². The molecule has 0 fully saturated rings. The fourth-order valence-electron chi connectivity index (χ4n) is 1.73. The van der Waals surface area contributed by atoms with Crippen LogP contribution >= 0.6 is 19.8 Å². The van der Waals surface area contributed by atoms with Crippen molar-refractivity contribution in [2.75, 3.05) is 0 Å². The van der Waals surface area contributed by atoms with E-state index in [1.165, 1.54) is 14.8 Å². The van der Waals surface area contributed by atoms with Gasteiger partial charge in [-0.2, -0.15) is 6.42 Å². The Kier molecular flexibility index (Phi) is 12.3. The molecule has 0 saturated carbocycles. The molecule has 24 heavy (non-hydrogen) atoms. The van der Waals surface area contributed by atoms with Crippen molar-refractivity contribution in [1.29, 1.82) is 0 Å². The molecule has 0 aliphatic rings. The van der Waals surface area contributed by atoms with Crippen LogP contribution in [0.2, 0.25) is 0 Å². The number of nitrogens with one attached hydrogen (secondary N) is 1. The monoisotopic (exact) mass is 497 g/mol. The van der Waals surface area contributed by atoms with E-state index in [2.05, 4.69) is 32.0 Å². The normalized spacial score (nSPS) is 11.6. The van der Waals surface area contributed by atoms with Gasteiger partial charge in [-0.05, 0) is 32.8 Å². The Morgan fingerprint density at radius 2 is 1.83 bits per heavy atom. The van der Waals surface area contributed by atoms with Crippen LogP contribution in [-0.4, -0.2) is 23.7 Å². The number of carbonyl (C=O) groups excluding carboxylic acids is 2. The van der Waals surface area contributed by atoms with Crippen LogP contribution in [-0.2, 0) is 35.7 Å². The van der Waals surface area contributed by atoms with Gasteiger partial charge in [0.15, 0.2) is 0 Å². The second-order valence-corrected chi connectivity index (χ2v) is 5.93. The van der Waals surface area contributed by atoms with Gasteiger partial charge in [0.1, 0.15) is 18.2 Å². The van der Waals surface area contributed by atoms with Crippen LogP contribution in [0, 0.1) is 6.92 Å². The summed E-state index contributed by atoms with van der Waals surface area (Å²) in [5.74, 6) is -0.488. The molecule has 5 nitrogen and oxygen atoms in total. The molecule has 0 aliphatic carbocycles. The van der Waals surface area contributed by atoms with Crippen LogP contribution in [0.25, 0.3) is 0 Å². The molecule has 1 amide bonds. The number of ether oxygens (including phenoxy) is 2. The summed E-state index contributed by atoms with van der Waals surface area (Å²) in [6, 6.07) is 8.61. The van der Waals surface area contributed by atoms with Gasteiger partial charge in [0.25, 0.3) is 0 Å². The molecule has 0 radical (unpaired) electrons. The number of hydrogen-bond donors (Lipinski definition) is 1. The zero-order valence-electron chi connectivity index (χ0n) is 14.5. The fourth-order valence-corrected chi connectivity index (χ4v) is 1.73. The van der Waals surface area contributed by atoms with Crippen molar-refractivity contribution in [3.63, 3.8) is 0 Å². The Balaban J connectivity index is 0.00000254. The molecule has 1 aromatic rings. The van der Waals surface area contributed by atoms with Crippen LogP contribution in [0.15, 0.2) is 30.3 Å². The minimum atomic E-state index is -0.754. The SMILES string of the molecule is [CH2-]CC[C@H](NC(=O)OC(C)(C)C)C(=O)OCc1ccccc1.[Zn+][I]. The molecule has 0 heterocycles. The van der Waals surface area contributed by atoms with Crippen molar-refractivity contribution in [1.82, 2.24) is 5.32 Å². The van der Waals surface area contributed by atoms with Crippen LogP contribution in [0.3, 0.4) is 0 Å². The number of esters is 1. The molecule has 0 unspecified atom stereocenters. The zero-order valence-corrected chi connectivity index (χ0v) is 19.6. The molecule has 1 atom stereocenters. The van der Waals surface area contributed by atoms with Crippen LogP contribution in [0.1, 0.15) is 39.2 Å². The van der Waals surface area contributed by atoms with Crippen molar-refractivity contribution >= 4 is 31.8 Å². The first-order valence-corrected chi connectivity index (χ1v) is 16.6.